The second kappa shape index (κ2) is 12.3. The smallest absolute Gasteiger partial charge is 0.119 e. The van der Waals surface area contributed by atoms with E-state index in [0.29, 0.717) is 24.2 Å². The second-order valence-electron chi connectivity index (χ2n) is 6.72. The lowest BCUT2D eigenvalue weighted by Crippen LogP contribution is -2.23. The van der Waals surface area contributed by atoms with E-state index in [1.807, 2.05) is 36.4 Å². The molecule has 2 aromatic rings. The van der Waals surface area contributed by atoms with Crippen molar-refractivity contribution in [2.24, 2.45) is 5.92 Å². The van der Waals surface area contributed by atoms with Gasteiger partial charge in [-0.2, -0.15) is 0 Å². The van der Waals surface area contributed by atoms with Gasteiger partial charge in [-0.05, 0) is 41.8 Å². The van der Waals surface area contributed by atoms with Crippen LogP contribution in [0.4, 0.5) is 0 Å². The minimum atomic E-state index is -0.707. The molecule has 2 rings (SSSR count). The molecule has 150 valence electrons. The monoisotopic (exact) mass is 402 g/mol. The highest BCUT2D eigenvalue weighted by atomic mass is 35.5. The molecule has 0 aliphatic carbocycles. The summed E-state index contributed by atoms with van der Waals surface area (Å²) in [7, 11) is 0. The second-order valence-corrected chi connectivity index (χ2v) is 7.03. The van der Waals surface area contributed by atoms with Gasteiger partial charge < -0.3 is 19.3 Å². The number of hydrogen-bond acceptors (Lipinski definition) is 4. The Morgan fingerprint density at radius 3 is 1.96 bits per heavy atom. The van der Waals surface area contributed by atoms with Gasteiger partial charge in [-0.1, -0.05) is 37.1 Å². The van der Waals surface area contributed by atoms with Crippen LogP contribution < -0.4 is 9.47 Å². The summed E-state index contributed by atoms with van der Waals surface area (Å²) in [6, 6.07) is 15.9. The van der Waals surface area contributed by atoms with Gasteiger partial charge in [0.2, 0.25) is 0 Å². The van der Waals surface area contributed by atoms with E-state index in [2.05, 4.69) is 25.0 Å². The molecule has 0 unspecified atom stereocenters. The van der Waals surface area contributed by atoms with Crippen molar-refractivity contribution in [3.05, 3.63) is 59.7 Å². The summed E-state index contributed by atoms with van der Waals surface area (Å²) in [5, 5.41) is 9.76. The zero-order valence-corrected chi connectivity index (χ0v) is 16.9. The van der Waals surface area contributed by atoms with Gasteiger partial charge in [0.1, 0.15) is 30.8 Å². The molecule has 0 aliphatic rings. The lowest BCUT2D eigenvalue weighted by molar-refractivity contribution is 0.0229. The Bertz CT molecular complexity index is 722. The predicted octanol–water partition coefficient (Wildman–Crippen LogP) is 3.92. The maximum atomic E-state index is 9.76. The van der Waals surface area contributed by atoms with Crippen molar-refractivity contribution in [1.82, 2.24) is 0 Å². The Kier molecular flexibility index (Phi) is 9.71. The summed E-state index contributed by atoms with van der Waals surface area (Å²) in [6.45, 7) is 3.18. The van der Waals surface area contributed by atoms with Crippen LogP contribution in [0, 0.1) is 18.3 Å². The molecule has 2 aromatic carbocycles. The molecule has 0 heterocycles. The van der Waals surface area contributed by atoms with Crippen molar-refractivity contribution >= 4 is 11.6 Å². The van der Waals surface area contributed by atoms with Gasteiger partial charge in [-0.15, -0.1) is 18.0 Å². The standard InChI is InChI=1S/C23H27ClO4/c1-3-12-26-16-21(25)17-28-23-10-6-20(7-11-23)13-19-4-8-22(9-5-19)27-15-18(2)14-24/h1,4-11,18,21,25H,12-17H2,2H3/t18-,21-/m1/s1. The largest absolute Gasteiger partial charge is 0.493 e. The molecular weight excluding hydrogens is 376 g/mol. The van der Waals surface area contributed by atoms with Crippen LogP contribution in [0.25, 0.3) is 0 Å². The number of hydrogen-bond donors (Lipinski definition) is 1. The molecule has 4 nitrogen and oxygen atoms in total. The van der Waals surface area contributed by atoms with Crippen molar-refractivity contribution in [2.45, 2.75) is 19.4 Å². The fraction of sp³-hybridized carbons (Fsp3) is 0.391. The molecular formula is C23H27ClO4. The van der Waals surface area contributed by atoms with Crippen LogP contribution >= 0.6 is 11.6 Å². The molecule has 0 aliphatic heterocycles. The Balaban J connectivity index is 1.78. The lowest BCUT2D eigenvalue weighted by Gasteiger charge is -2.12. The Morgan fingerprint density at radius 2 is 1.46 bits per heavy atom. The molecule has 0 saturated carbocycles. The van der Waals surface area contributed by atoms with Crippen molar-refractivity contribution in [2.75, 3.05) is 32.3 Å². The van der Waals surface area contributed by atoms with Gasteiger partial charge in [-0.3, -0.25) is 0 Å². The van der Waals surface area contributed by atoms with E-state index in [9.17, 15) is 5.11 Å². The van der Waals surface area contributed by atoms with Crippen molar-refractivity contribution < 1.29 is 19.3 Å². The van der Waals surface area contributed by atoms with Gasteiger partial charge in [0.25, 0.3) is 0 Å². The van der Waals surface area contributed by atoms with Gasteiger partial charge in [0.15, 0.2) is 0 Å². The first-order chi connectivity index (χ1) is 13.6. The van der Waals surface area contributed by atoms with Crippen molar-refractivity contribution in [3.63, 3.8) is 0 Å². The van der Waals surface area contributed by atoms with Crippen LogP contribution in [-0.4, -0.2) is 43.5 Å². The number of terminal acetylenes is 1. The SMILES string of the molecule is C#CCOC[C@@H](O)COc1ccc(Cc2ccc(OC[C@H](C)CCl)cc2)cc1. The van der Waals surface area contributed by atoms with Crippen LogP contribution in [0.1, 0.15) is 18.1 Å². The molecule has 2 atom stereocenters. The highest BCUT2D eigenvalue weighted by molar-refractivity contribution is 6.18. The van der Waals surface area contributed by atoms with Crippen LogP contribution in [0.5, 0.6) is 11.5 Å². The Hall–Kier alpha value is -2.19. The molecule has 0 amide bonds. The Labute approximate surface area is 172 Å². The predicted molar refractivity (Wildman–Crippen MR) is 112 cm³/mol. The number of halogens is 1. The van der Waals surface area contributed by atoms with E-state index in [0.717, 1.165) is 12.2 Å². The zero-order chi connectivity index (χ0) is 20.2. The molecule has 1 N–H and O–H groups in total. The molecule has 0 aromatic heterocycles. The molecule has 0 spiro atoms. The van der Waals surface area contributed by atoms with Gasteiger partial charge in [-0.25, -0.2) is 0 Å². The molecule has 0 fully saturated rings. The highest BCUT2D eigenvalue weighted by Gasteiger charge is 2.06. The van der Waals surface area contributed by atoms with Gasteiger partial charge in [0.05, 0.1) is 13.2 Å². The van der Waals surface area contributed by atoms with E-state index >= 15 is 0 Å². The van der Waals surface area contributed by atoms with Crippen molar-refractivity contribution in [1.29, 1.82) is 0 Å². The van der Waals surface area contributed by atoms with E-state index in [-0.39, 0.29) is 19.8 Å². The quantitative estimate of drug-likeness (QED) is 0.332. The topological polar surface area (TPSA) is 47.9 Å². The van der Waals surface area contributed by atoms with Gasteiger partial charge in [0, 0.05) is 11.8 Å². The third-order valence-corrected chi connectivity index (χ3v) is 4.52. The minimum Gasteiger partial charge on any atom is -0.493 e. The van der Waals surface area contributed by atoms with Crippen molar-refractivity contribution in [3.8, 4) is 23.8 Å². The summed E-state index contributed by atoms with van der Waals surface area (Å²) in [5.41, 5.74) is 2.38. The summed E-state index contributed by atoms with van der Waals surface area (Å²) in [4.78, 5) is 0. The molecule has 5 heteroatoms. The first kappa shape index (κ1) is 22.1. The van der Waals surface area contributed by atoms with E-state index < -0.39 is 6.10 Å². The highest BCUT2D eigenvalue weighted by Crippen LogP contribution is 2.18. The number of benzene rings is 2. The fourth-order valence-corrected chi connectivity index (χ4v) is 2.51. The number of alkyl halides is 1. The maximum absolute atomic E-state index is 9.76. The molecule has 0 radical (unpaired) electrons. The average molecular weight is 403 g/mol. The molecule has 0 saturated heterocycles. The summed E-state index contributed by atoms with van der Waals surface area (Å²) < 4.78 is 16.4. The first-order valence-corrected chi connectivity index (χ1v) is 9.83. The molecule has 28 heavy (non-hydrogen) atoms. The third kappa shape index (κ3) is 8.22. The summed E-state index contributed by atoms with van der Waals surface area (Å²) in [5.74, 6) is 4.84. The minimum absolute atomic E-state index is 0.160. The molecule has 0 bridgehead atoms. The van der Waals surface area contributed by atoms with E-state index in [1.54, 1.807) is 0 Å². The van der Waals surface area contributed by atoms with E-state index in [1.165, 1.54) is 11.1 Å². The van der Waals surface area contributed by atoms with Crippen LogP contribution in [0.2, 0.25) is 0 Å². The van der Waals surface area contributed by atoms with Gasteiger partial charge >= 0.3 is 0 Å². The number of aliphatic hydroxyl groups is 1. The van der Waals surface area contributed by atoms with E-state index in [4.69, 9.17) is 32.2 Å². The Morgan fingerprint density at radius 1 is 0.929 bits per heavy atom. The summed E-state index contributed by atoms with van der Waals surface area (Å²) in [6.07, 6.45) is 5.20. The number of rotatable bonds is 12. The normalized spacial score (nSPS) is 12.8. The fourth-order valence-electron chi connectivity index (χ4n) is 2.42. The zero-order valence-electron chi connectivity index (χ0n) is 16.1. The number of aliphatic hydroxyl groups excluding tert-OH is 1. The first-order valence-electron chi connectivity index (χ1n) is 9.29. The van der Waals surface area contributed by atoms with Crippen LogP contribution in [-0.2, 0) is 11.2 Å². The summed E-state index contributed by atoms with van der Waals surface area (Å²) >= 11 is 5.79. The maximum Gasteiger partial charge on any atom is 0.119 e. The third-order valence-electron chi connectivity index (χ3n) is 3.99. The number of ether oxygens (including phenoxy) is 3. The van der Waals surface area contributed by atoms with Crippen LogP contribution in [0.15, 0.2) is 48.5 Å². The lowest BCUT2D eigenvalue weighted by atomic mass is 10.0. The average Bonchev–Trinajstić information content (AvgIpc) is 2.72. The van der Waals surface area contributed by atoms with Crippen LogP contribution in [0.3, 0.4) is 0 Å².